The molecule has 2 aliphatic heterocycles. The SMILES string of the molecule is CC1CN(C(=O)CC(C)C2CCCNC2)CCN1. The molecule has 4 nitrogen and oxygen atoms in total. The smallest absolute Gasteiger partial charge is 0.222 e. The molecule has 2 fully saturated rings. The third-order valence-electron chi connectivity index (χ3n) is 4.36. The quantitative estimate of drug-likeness (QED) is 0.783. The second kappa shape index (κ2) is 6.53. The van der Waals surface area contributed by atoms with Crippen LogP contribution >= 0.6 is 0 Å². The highest BCUT2D eigenvalue weighted by Crippen LogP contribution is 2.23. The lowest BCUT2D eigenvalue weighted by Gasteiger charge is -2.34. The van der Waals surface area contributed by atoms with E-state index in [0.29, 0.717) is 23.8 Å². The number of piperazine rings is 1. The van der Waals surface area contributed by atoms with Crippen molar-refractivity contribution in [1.29, 1.82) is 0 Å². The van der Waals surface area contributed by atoms with E-state index in [0.717, 1.165) is 39.1 Å². The fourth-order valence-corrected chi connectivity index (χ4v) is 3.09. The molecular formula is C14H27N3O. The summed E-state index contributed by atoms with van der Waals surface area (Å²) in [5, 5.41) is 6.82. The van der Waals surface area contributed by atoms with Crippen molar-refractivity contribution in [3.8, 4) is 0 Å². The van der Waals surface area contributed by atoms with Gasteiger partial charge in [-0.3, -0.25) is 4.79 Å². The van der Waals surface area contributed by atoms with Gasteiger partial charge in [0.1, 0.15) is 0 Å². The van der Waals surface area contributed by atoms with E-state index < -0.39 is 0 Å². The van der Waals surface area contributed by atoms with Crippen molar-refractivity contribution >= 4 is 5.91 Å². The summed E-state index contributed by atoms with van der Waals surface area (Å²) in [5.41, 5.74) is 0. The van der Waals surface area contributed by atoms with E-state index in [1.807, 2.05) is 4.90 Å². The molecule has 0 radical (unpaired) electrons. The molecule has 2 N–H and O–H groups in total. The van der Waals surface area contributed by atoms with Crippen molar-refractivity contribution in [1.82, 2.24) is 15.5 Å². The van der Waals surface area contributed by atoms with E-state index in [2.05, 4.69) is 24.5 Å². The maximum atomic E-state index is 12.3. The maximum Gasteiger partial charge on any atom is 0.222 e. The number of nitrogens with one attached hydrogen (secondary N) is 2. The van der Waals surface area contributed by atoms with Crippen LogP contribution in [-0.4, -0.2) is 49.6 Å². The van der Waals surface area contributed by atoms with Gasteiger partial charge in [0.25, 0.3) is 0 Å². The van der Waals surface area contributed by atoms with Crippen LogP contribution in [-0.2, 0) is 4.79 Å². The molecule has 0 aliphatic carbocycles. The van der Waals surface area contributed by atoms with Gasteiger partial charge >= 0.3 is 0 Å². The van der Waals surface area contributed by atoms with Gasteiger partial charge < -0.3 is 15.5 Å². The minimum atomic E-state index is 0.349. The molecule has 2 heterocycles. The molecule has 0 aromatic rings. The van der Waals surface area contributed by atoms with Crippen molar-refractivity contribution in [2.24, 2.45) is 11.8 Å². The summed E-state index contributed by atoms with van der Waals surface area (Å²) in [4.78, 5) is 14.3. The standard InChI is InChI=1S/C14H27N3O/c1-11(13-4-3-5-15-9-13)8-14(18)17-7-6-16-12(2)10-17/h11-13,15-16H,3-10H2,1-2H3. The first-order valence-electron chi connectivity index (χ1n) is 7.38. The van der Waals surface area contributed by atoms with E-state index in [4.69, 9.17) is 0 Å². The minimum Gasteiger partial charge on any atom is -0.340 e. The lowest BCUT2D eigenvalue weighted by Crippen LogP contribution is -2.51. The highest BCUT2D eigenvalue weighted by molar-refractivity contribution is 5.76. The monoisotopic (exact) mass is 253 g/mol. The molecule has 18 heavy (non-hydrogen) atoms. The summed E-state index contributed by atoms with van der Waals surface area (Å²) in [5.74, 6) is 1.54. The molecule has 0 bridgehead atoms. The minimum absolute atomic E-state index is 0.349. The fourth-order valence-electron chi connectivity index (χ4n) is 3.09. The van der Waals surface area contributed by atoms with E-state index in [1.54, 1.807) is 0 Å². The van der Waals surface area contributed by atoms with Crippen molar-refractivity contribution in [2.75, 3.05) is 32.7 Å². The largest absolute Gasteiger partial charge is 0.340 e. The normalized spacial score (nSPS) is 31.1. The molecular weight excluding hydrogens is 226 g/mol. The van der Waals surface area contributed by atoms with Gasteiger partial charge in [-0.25, -0.2) is 0 Å². The average molecular weight is 253 g/mol. The topological polar surface area (TPSA) is 44.4 Å². The Bertz CT molecular complexity index is 276. The van der Waals surface area contributed by atoms with E-state index in [-0.39, 0.29) is 0 Å². The first-order chi connectivity index (χ1) is 8.66. The van der Waals surface area contributed by atoms with Gasteiger partial charge in [-0.05, 0) is 44.7 Å². The summed E-state index contributed by atoms with van der Waals surface area (Å²) < 4.78 is 0. The van der Waals surface area contributed by atoms with Crippen LogP contribution in [0.15, 0.2) is 0 Å². The predicted molar refractivity (Wildman–Crippen MR) is 73.4 cm³/mol. The number of piperidine rings is 1. The second-order valence-corrected chi connectivity index (χ2v) is 5.98. The zero-order valence-electron chi connectivity index (χ0n) is 11.7. The molecule has 104 valence electrons. The molecule has 1 amide bonds. The van der Waals surface area contributed by atoms with E-state index >= 15 is 0 Å². The number of hydrogen-bond acceptors (Lipinski definition) is 3. The third-order valence-corrected chi connectivity index (χ3v) is 4.36. The first-order valence-corrected chi connectivity index (χ1v) is 7.38. The van der Waals surface area contributed by atoms with Crippen molar-refractivity contribution in [3.05, 3.63) is 0 Å². The number of carbonyl (C=O) groups is 1. The molecule has 0 saturated carbocycles. The molecule has 0 aromatic carbocycles. The number of hydrogen-bond donors (Lipinski definition) is 2. The third kappa shape index (κ3) is 3.69. The highest BCUT2D eigenvalue weighted by Gasteiger charge is 2.26. The summed E-state index contributed by atoms with van der Waals surface area (Å²) in [6.45, 7) is 9.30. The Morgan fingerprint density at radius 3 is 2.94 bits per heavy atom. The van der Waals surface area contributed by atoms with Crippen LogP contribution in [0.3, 0.4) is 0 Å². The Labute approximate surface area is 110 Å². The van der Waals surface area contributed by atoms with Crippen molar-refractivity contribution in [3.63, 3.8) is 0 Å². The lowest BCUT2D eigenvalue weighted by atomic mass is 9.85. The van der Waals surface area contributed by atoms with Gasteiger partial charge in [-0.15, -0.1) is 0 Å². The molecule has 3 unspecified atom stereocenters. The Hall–Kier alpha value is -0.610. The fraction of sp³-hybridized carbons (Fsp3) is 0.929. The van der Waals surface area contributed by atoms with Crippen LogP contribution in [0.1, 0.15) is 33.1 Å². The molecule has 4 heteroatoms. The zero-order chi connectivity index (χ0) is 13.0. The van der Waals surface area contributed by atoms with Gasteiger partial charge in [0.05, 0.1) is 0 Å². The average Bonchev–Trinajstić information content (AvgIpc) is 2.39. The molecule has 2 saturated heterocycles. The van der Waals surface area contributed by atoms with Crippen molar-refractivity contribution in [2.45, 2.75) is 39.2 Å². The summed E-state index contributed by atoms with van der Waals surface area (Å²) in [6, 6.07) is 0.439. The molecule has 0 spiro atoms. The van der Waals surface area contributed by atoms with Crippen LogP contribution in [0.2, 0.25) is 0 Å². The number of rotatable bonds is 3. The van der Waals surface area contributed by atoms with E-state index in [9.17, 15) is 4.79 Å². The Morgan fingerprint density at radius 1 is 1.44 bits per heavy atom. The lowest BCUT2D eigenvalue weighted by molar-refractivity contribution is -0.133. The number of carbonyl (C=O) groups excluding carboxylic acids is 1. The number of amides is 1. The second-order valence-electron chi connectivity index (χ2n) is 5.98. The zero-order valence-corrected chi connectivity index (χ0v) is 11.7. The summed E-state index contributed by atoms with van der Waals surface area (Å²) >= 11 is 0. The van der Waals surface area contributed by atoms with Crippen molar-refractivity contribution < 1.29 is 4.79 Å². The molecule has 2 rings (SSSR count). The molecule has 0 aromatic heterocycles. The van der Waals surface area contributed by atoms with Gasteiger partial charge in [-0.2, -0.15) is 0 Å². The van der Waals surface area contributed by atoms with Gasteiger partial charge in [-0.1, -0.05) is 6.92 Å². The Kier molecular flexibility index (Phi) is 5.01. The maximum absolute atomic E-state index is 12.3. The van der Waals surface area contributed by atoms with Crippen LogP contribution < -0.4 is 10.6 Å². The van der Waals surface area contributed by atoms with Crippen LogP contribution in [0.4, 0.5) is 0 Å². The van der Waals surface area contributed by atoms with Gasteiger partial charge in [0.15, 0.2) is 0 Å². The highest BCUT2D eigenvalue weighted by atomic mass is 16.2. The predicted octanol–water partition coefficient (Wildman–Crippen LogP) is 0.833. The summed E-state index contributed by atoms with van der Waals surface area (Å²) in [7, 11) is 0. The first kappa shape index (κ1) is 13.8. The van der Waals surface area contributed by atoms with Gasteiger partial charge in [0.2, 0.25) is 5.91 Å². The molecule has 3 atom stereocenters. The van der Waals surface area contributed by atoms with Crippen LogP contribution in [0.5, 0.6) is 0 Å². The van der Waals surface area contributed by atoms with E-state index in [1.165, 1.54) is 12.8 Å². The molecule has 2 aliphatic rings. The van der Waals surface area contributed by atoms with Crippen LogP contribution in [0.25, 0.3) is 0 Å². The summed E-state index contributed by atoms with van der Waals surface area (Å²) in [6.07, 6.45) is 3.26. The Morgan fingerprint density at radius 2 is 2.28 bits per heavy atom. The Balaban J connectivity index is 1.78. The van der Waals surface area contributed by atoms with Gasteiger partial charge in [0, 0.05) is 32.1 Å². The van der Waals surface area contributed by atoms with Crippen LogP contribution in [0, 0.1) is 11.8 Å². The number of nitrogens with zero attached hydrogens (tertiary/aromatic N) is 1.